The highest BCUT2D eigenvalue weighted by atomic mass is 19.4. The van der Waals surface area contributed by atoms with Gasteiger partial charge in [0, 0.05) is 0 Å². The van der Waals surface area contributed by atoms with Gasteiger partial charge in [-0.15, -0.1) is 0 Å². The van der Waals surface area contributed by atoms with Gasteiger partial charge in [-0.05, 0) is 26.2 Å². The summed E-state index contributed by atoms with van der Waals surface area (Å²) in [6, 6.07) is 0. The second kappa shape index (κ2) is 5.22. The molecule has 0 aromatic heterocycles. The Morgan fingerprint density at radius 3 is 2.25 bits per heavy atom. The van der Waals surface area contributed by atoms with Crippen molar-refractivity contribution in [2.75, 3.05) is 0 Å². The highest BCUT2D eigenvalue weighted by molar-refractivity contribution is 4.79. The van der Waals surface area contributed by atoms with E-state index in [1.807, 2.05) is 6.92 Å². The second-order valence-corrected chi connectivity index (χ2v) is 2.79. The van der Waals surface area contributed by atoms with Crippen LogP contribution in [0.5, 0.6) is 0 Å². The standard InChI is InChI=1S/C9H15F3/c1-3-5-6-7-8(4-2)9(10,11)12/h3,5,8H,4,6-7H2,1-2H3/b5-3+/t8-/m1/s1. The van der Waals surface area contributed by atoms with Gasteiger partial charge in [0.25, 0.3) is 0 Å². The molecule has 0 saturated heterocycles. The number of halogens is 3. The van der Waals surface area contributed by atoms with E-state index in [0.717, 1.165) is 0 Å². The zero-order chi connectivity index (χ0) is 9.61. The van der Waals surface area contributed by atoms with Crippen LogP contribution in [0.15, 0.2) is 12.2 Å². The first-order chi connectivity index (χ1) is 5.52. The zero-order valence-corrected chi connectivity index (χ0v) is 7.49. The molecule has 72 valence electrons. The summed E-state index contributed by atoms with van der Waals surface area (Å²) in [6.45, 7) is 3.39. The van der Waals surface area contributed by atoms with Crippen molar-refractivity contribution in [2.24, 2.45) is 5.92 Å². The van der Waals surface area contributed by atoms with Crippen LogP contribution in [0.2, 0.25) is 0 Å². The number of hydrogen-bond donors (Lipinski definition) is 0. The van der Waals surface area contributed by atoms with Gasteiger partial charge < -0.3 is 0 Å². The summed E-state index contributed by atoms with van der Waals surface area (Å²) >= 11 is 0. The highest BCUT2D eigenvalue weighted by Gasteiger charge is 2.37. The first kappa shape index (κ1) is 11.5. The van der Waals surface area contributed by atoms with Crippen molar-refractivity contribution >= 4 is 0 Å². The third-order valence-electron chi connectivity index (χ3n) is 1.87. The van der Waals surface area contributed by atoms with E-state index in [2.05, 4.69) is 0 Å². The van der Waals surface area contributed by atoms with Crippen LogP contribution < -0.4 is 0 Å². The van der Waals surface area contributed by atoms with E-state index in [-0.39, 0.29) is 12.8 Å². The summed E-state index contributed by atoms with van der Waals surface area (Å²) in [6.07, 6.45) is 0.452. The predicted octanol–water partition coefficient (Wildman–Crippen LogP) is 3.93. The Hall–Kier alpha value is -0.470. The minimum Gasteiger partial charge on any atom is -0.171 e. The first-order valence-electron chi connectivity index (χ1n) is 4.20. The van der Waals surface area contributed by atoms with Crippen molar-refractivity contribution < 1.29 is 13.2 Å². The Morgan fingerprint density at radius 1 is 1.33 bits per heavy atom. The lowest BCUT2D eigenvalue weighted by atomic mass is 10.00. The average molecular weight is 180 g/mol. The average Bonchev–Trinajstić information content (AvgIpc) is 1.95. The molecule has 0 aromatic rings. The predicted molar refractivity (Wildman–Crippen MR) is 43.9 cm³/mol. The van der Waals surface area contributed by atoms with Gasteiger partial charge in [-0.2, -0.15) is 13.2 Å². The van der Waals surface area contributed by atoms with E-state index in [4.69, 9.17) is 0 Å². The van der Waals surface area contributed by atoms with Crippen LogP contribution in [-0.4, -0.2) is 6.18 Å². The van der Waals surface area contributed by atoms with Gasteiger partial charge in [-0.3, -0.25) is 0 Å². The van der Waals surface area contributed by atoms with Crippen LogP contribution in [0, 0.1) is 5.92 Å². The summed E-state index contributed by atoms with van der Waals surface area (Å²) in [5.74, 6) is -1.13. The molecule has 0 unspecified atom stereocenters. The summed E-state index contributed by atoms with van der Waals surface area (Å²) in [5, 5.41) is 0. The van der Waals surface area contributed by atoms with Crippen LogP contribution in [0.4, 0.5) is 13.2 Å². The molecule has 0 nitrogen and oxygen atoms in total. The van der Waals surface area contributed by atoms with Gasteiger partial charge in [0.05, 0.1) is 5.92 Å². The van der Waals surface area contributed by atoms with Gasteiger partial charge >= 0.3 is 6.18 Å². The Balaban J connectivity index is 3.84. The van der Waals surface area contributed by atoms with Gasteiger partial charge in [0.1, 0.15) is 0 Å². The molecule has 0 bridgehead atoms. The molecular formula is C9H15F3. The van der Waals surface area contributed by atoms with Crippen molar-refractivity contribution in [1.29, 1.82) is 0 Å². The fourth-order valence-corrected chi connectivity index (χ4v) is 1.06. The Kier molecular flexibility index (Phi) is 5.02. The molecule has 0 spiro atoms. The topological polar surface area (TPSA) is 0 Å². The molecule has 0 heterocycles. The maximum atomic E-state index is 12.1. The summed E-state index contributed by atoms with van der Waals surface area (Å²) in [4.78, 5) is 0. The molecule has 0 amide bonds. The van der Waals surface area contributed by atoms with E-state index >= 15 is 0 Å². The molecule has 0 aliphatic carbocycles. The molecule has 3 heteroatoms. The maximum absolute atomic E-state index is 12.1. The van der Waals surface area contributed by atoms with Crippen molar-refractivity contribution in [3.8, 4) is 0 Å². The van der Waals surface area contributed by atoms with E-state index < -0.39 is 12.1 Å². The molecule has 0 aliphatic heterocycles. The quantitative estimate of drug-likeness (QED) is 0.575. The Labute approximate surface area is 71.5 Å². The van der Waals surface area contributed by atoms with Crippen molar-refractivity contribution in [3.05, 3.63) is 12.2 Å². The SMILES string of the molecule is C/C=C/CC[C@@H](CC)C(F)(F)F. The second-order valence-electron chi connectivity index (χ2n) is 2.79. The molecule has 0 fully saturated rings. The third-order valence-corrected chi connectivity index (χ3v) is 1.87. The molecule has 0 saturated carbocycles. The van der Waals surface area contributed by atoms with Crippen LogP contribution in [-0.2, 0) is 0 Å². The Bertz CT molecular complexity index is 135. The lowest BCUT2D eigenvalue weighted by Crippen LogP contribution is -2.21. The van der Waals surface area contributed by atoms with Crippen molar-refractivity contribution in [3.63, 3.8) is 0 Å². The fraction of sp³-hybridized carbons (Fsp3) is 0.778. The van der Waals surface area contributed by atoms with Gasteiger partial charge in [0.15, 0.2) is 0 Å². The maximum Gasteiger partial charge on any atom is 0.391 e. The molecule has 0 rings (SSSR count). The van der Waals surface area contributed by atoms with Crippen molar-refractivity contribution in [2.45, 2.75) is 39.3 Å². The molecule has 1 atom stereocenters. The number of allylic oxidation sites excluding steroid dienone is 2. The van der Waals surface area contributed by atoms with Crippen LogP contribution in [0.25, 0.3) is 0 Å². The molecule has 12 heavy (non-hydrogen) atoms. The van der Waals surface area contributed by atoms with E-state index in [9.17, 15) is 13.2 Å². The lowest BCUT2D eigenvalue weighted by Gasteiger charge is -2.17. The van der Waals surface area contributed by atoms with Crippen molar-refractivity contribution in [1.82, 2.24) is 0 Å². The third kappa shape index (κ3) is 4.42. The first-order valence-corrected chi connectivity index (χ1v) is 4.20. The molecule has 0 N–H and O–H groups in total. The monoisotopic (exact) mass is 180 g/mol. The smallest absolute Gasteiger partial charge is 0.171 e. The Morgan fingerprint density at radius 2 is 1.92 bits per heavy atom. The van der Waals surface area contributed by atoms with E-state index in [1.54, 1.807) is 19.1 Å². The van der Waals surface area contributed by atoms with Gasteiger partial charge in [-0.1, -0.05) is 19.1 Å². The van der Waals surface area contributed by atoms with Crippen LogP contribution in [0.3, 0.4) is 0 Å². The van der Waals surface area contributed by atoms with E-state index in [1.165, 1.54) is 0 Å². The minimum atomic E-state index is -4.02. The summed E-state index contributed by atoms with van der Waals surface area (Å²) in [5.41, 5.74) is 0. The zero-order valence-electron chi connectivity index (χ0n) is 7.49. The highest BCUT2D eigenvalue weighted by Crippen LogP contribution is 2.32. The van der Waals surface area contributed by atoms with Gasteiger partial charge in [-0.25, -0.2) is 0 Å². The van der Waals surface area contributed by atoms with Gasteiger partial charge in [0.2, 0.25) is 0 Å². The summed E-state index contributed by atoms with van der Waals surface area (Å²) in [7, 11) is 0. The molecule has 0 aliphatic rings. The summed E-state index contributed by atoms with van der Waals surface area (Å²) < 4.78 is 36.4. The fourth-order valence-electron chi connectivity index (χ4n) is 1.06. The molecule has 0 aromatic carbocycles. The largest absolute Gasteiger partial charge is 0.391 e. The number of hydrogen-bond acceptors (Lipinski definition) is 0. The van der Waals surface area contributed by atoms with Crippen LogP contribution in [0.1, 0.15) is 33.1 Å². The molecular weight excluding hydrogens is 165 g/mol. The minimum absolute atomic E-state index is 0.182. The van der Waals surface area contributed by atoms with Crippen LogP contribution >= 0.6 is 0 Å². The number of alkyl halides is 3. The molecule has 0 radical (unpaired) electrons. The normalized spacial score (nSPS) is 15.4. The van der Waals surface area contributed by atoms with E-state index in [0.29, 0.717) is 6.42 Å². The lowest BCUT2D eigenvalue weighted by molar-refractivity contribution is -0.176. The number of rotatable bonds is 4.